The lowest BCUT2D eigenvalue weighted by atomic mass is 10.2. The minimum atomic E-state index is 0.553. The topological polar surface area (TPSA) is 59.9 Å². The molecule has 0 aliphatic rings. The van der Waals surface area contributed by atoms with Crippen LogP contribution in [0.25, 0.3) is 0 Å². The Labute approximate surface area is 114 Å². The molecular weight excluding hydrogens is 296 g/mol. The van der Waals surface area contributed by atoms with Gasteiger partial charge in [-0.2, -0.15) is 0 Å². The van der Waals surface area contributed by atoms with Gasteiger partial charge < -0.3 is 10.1 Å². The maximum Gasteiger partial charge on any atom is 0.227 e. The van der Waals surface area contributed by atoms with E-state index in [-0.39, 0.29) is 0 Å². The summed E-state index contributed by atoms with van der Waals surface area (Å²) in [6.07, 6.45) is 5.61. The minimum Gasteiger partial charge on any atom is -0.437 e. The van der Waals surface area contributed by atoms with Gasteiger partial charge in [-0.3, -0.25) is 4.98 Å². The lowest BCUT2D eigenvalue weighted by Gasteiger charge is -2.11. The Bertz CT molecular complexity index is 547. The van der Waals surface area contributed by atoms with E-state index in [0.29, 0.717) is 11.6 Å². The number of hydrogen-bond donors (Lipinski definition) is 1. The monoisotopic (exact) mass is 308 g/mol. The second-order valence-corrected chi connectivity index (χ2v) is 4.47. The molecular formula is C12H13BrN4O. The summed E-state index contributed by atoms with van der Waals surface area (Å²) >= 11 is 3.35. The van der Waals surface area contributed by atoms with Gasteiger partial charge in [-0.1, -0.05) is 6.92 Å². The standard InChI is InChI=1S/C12H13BrN4O/c1-3-10-11(14-2)16-7-17-12(10)18-9-4-8(13)5-15-6-9/h4-7H,3H2,1-2H3,(H,14,16,17). The molecule has 1 N–H and O–H groups in total. The van der Waals surface area contributed by atoms with Gasteiger partial charge in [0, 0.05) is 17.7 Å². The van der Waals surface area contributed by atoms with E-state index in [1.54, 1.807) is 12.4 Å². The Morgan fingerprint density at radius 2 is 2.17 bits per heavy atom. The van der Waals surface area contributed by atoms with Gasteiger partial charge in [0.05, 0.1) is 11.8 Å². The van der Waals surface area contributed by atoms with Crippen molar-refractivity contribution in [2.75, 3.05) is 12.4 Å². The highest BCUT2D eigenvalue weighted by Crippen LogP contribution is 2.27. The number of nitrogens with zero attached hydrogens (tertiary/aromatic N) is 3. The first kappa shape index (κ1) is 12.8. The van der Waals surface area contributed by atoms with Gasteiger partial charge in [-0.15, -0.1) is 0 Å². The van der Waals surface area contributed by atoms with Crippen molar-refractivity contribution in [1.29, 1.82) is 0 Å². The molecule has 0 aromatic carbocycles. The SMILES string of the molecule is CCc1c(NC)ncnc1Oc1cncc(Br)c1. The number of halogens is 1. The highest BCUT2D eigenvalue weighted by Gasteiger charge is 2.11. The molecule has 5 nitrogen and oxygen atoms in total. The molecule has 2 heterocycles. The van der Waals surface area contributed by atoms with Gasteiger partial charge in [-0.05, 0) is 28.4 Å². The predicted octanol–water partition coefficient (Wildman–Crippen LogP) is 3.03. The van der Waals surface area contributed by atoms with E-state index in [9.17, 15) is 0 Å². The molecule has 0 atom stereocenters. The highest BCUT2D eigenvalue weighted by atomic mass is 79.9. The first-order valence-electron chi connectivity index (χ1n) is 5.54. The molecule has 2 aromatic heterocycles. The van der Waals surface area contributed by atoms with Crippen molar-refractivity contribution in [3.05, 3.63) is 34.8 Å². The quantitative estimate of drug-likeness (QED) is 0.940. The summed E-state index contributed by atoms with van der Waals surface area (Å²) in [5, 5.41) is 3.03. The number of anilines is 1. The van der Waals surface area contributed by atoms with Crippen LogP contribution in [0.2, 0.25) is 0 Å². The van der Waals surface area contributed by atoms with Gasteiger partial charge in [0.25, 0.3) is 0 Å². The van der Waals surface area contributed by atoms with Crippen molar-refractivity contribution >= 4 is 21.7 Å². The molecule has 94 valence electrons. The second kappa shape index (κ2) is 5.77. The molecule has 6 heteroatoms. The predicted molar refractivity (Wildman–Crippen MR) is 73.0 cm³/mol. The maximum absolute atomic E-state index is 5.74. The van der Waals surface area contributed by atoms with Crippen LogP contribution in [0.15, 0.2) is 29.3 Å². The van der Waals surface area contributed by atoms with Gasteiger partial charge in [0.2, 0.25) is 5.88 Å². The van der Waals surface area contributed by atoms with Crippen molar-refractivity contribution in [3.63, 3.8) is 0 Å². The summed E-state index contributed by atoms with van der Waals surface area (Å²) in [6.45, 7) is 2.03. The van der Waals surface area contributed by atoms with Gasteiger partial charge >= 0.3 is 0 Å². The van der Waals surface area contributed by atoms with E-state index in [0.717, 1.165) is 22.3 Å². The summed E-state index contributed by atoms with van der Waals surface area (Å²) < 4.78 is 6.60. The summed E-state index contributed by atoms with van der Waals surface area (Å²) in [5.74, 6) is 1.97. The first-order valence-corrected chi connectivity index (χ1v) is 6.34. The van der Waals surface area contributed by atoms with Crippen LogP contribution in [0.3, 0.4) is 0 Å². The zero-order valence-corrected chi connectivity index (χ0v) is 11.7. The molecule has 0 spiro atoms. The molecule has 0 radical (unpaired) electrons. The summed E-state index contributed by atoms with van der Waals surface area (Å²) in [5.41, 5.74) is 0.944. The summed E-state index contributed by atoms with van der Waals surface area (Å²) in [7, 11) is 1.83. The zero-order chi connectivity index (χ0) is 13.0. The Balaban J connectivity index is 2.34. The van der Waals surface area contributed by atoms with Crippen LogP contribution in [0.1, 0.15) is 12.5 Å². The van der Waals surface area contributed by atoms with E-state index < -0.39 is 0 Å². The average Bonchev–Trinajstić information content (AvgIpc) is 2.38. The molecule has 0 aliphatic heterocycles. The van der Waals surface area contributed by atoms with Gasteiger partial charge in [-0.25, -0.2) is 9.97 Å². The number of aromatic nitrogens is 3. The number of hydrogen-bond acceptors (Lipinski definition) is 5. The molecule has 0 unspecified atom stereocenters. The molecule has 0 aliphatic carbocycles. The molecule has 0 saturated heterocycles. The highest BCUT2D eigenvalue weighted by molar-refractivity contribution is 9.10. The van der Waals surface area contributed by atoms with Gasteiger partial charge in [0.15, 0.2) is 0 Å². The normalized spacial score (nSPS) is 10.2. The van der Waals surface area contributed by atoms with E-state index in [1.807, 2.05) is 20.0 Å². The van der Waals surface area contributed by atoms with Crippen LogP contribution >= 0.6 is 15.9 Å². The molecule has 18 heavy (non-hydrogen) atoms. The van der Waals surface area contributed by atoms with Crippen molar-refractivity contribution in [2.45, 2.75) is 13.3 Å². The van der Waals surface area contributed by atoms with Crippen LogP contribution in [0, 0.1) is 0 Å². The third-order valence-corrected chi connectivity index (χ3v) is 2.82. The Morgan fingerprint density at radius 1 is 1.33 bits per heavy atom. The van der Waals surface area contributed by atoms with Crippen LogP contribution in [-0.4, -0.2) is 22.0 Å². The smallest absolute Gasteiger partial charge is 0.227 e. The molecule has 0 fully saturated rings. The fraction of sp³-hybridized carbons (Fsp3) is 0.250. The van der Waals surface area contributed by atoms with E-state index >= 15 is 0 Å². The third-order valence-electron chi connectivity index (χ3n) is 2.39. The van der Waals surface area contributed by atoms with Crippen LogP contribution in [-0.2, 0) is 6.42 Å². The third kappa shape index (κ3) is 2.76. The van der Waals surface area contributed by atoms with Crippen molar-refractivity contribution in [1.82, 2.24) is 15.0 Å². The fourth-order valence-electron chi connectivity index (χ4n) is 1.58. The lowest BCUT2D eigenvalue weighted by molar-refractivity contribution is 0.453. The molecule has 0 saturated carbocycles. The second-order valence-electron chi connectivity index (χ2n) is 3.55. The minimum absolute atomic E-state index is 0.553. The van der Waals surface area contributed by atoms with Gasteiger partial charge in [0.1, 0.15) is 17.9 Å². The fourth-order valence-corrected chi connectivity index (χ4v) is 1.92. The Kier molecular flexibility index (Phi) is 4.09. The average molecular weight is 309 g/mol. The van der Waals surface area contributed by atoms with Crippen LogP contribution < -0.4 is 10.1 Å². The number of nitrogens with one attached hydrogen (secondary N) is 1. The summed E-state index contributed by atoms with van der Waals surface area (Å²) in [4.78, 5) is 12.4. The van der Waals surface area contributed by atoms with E-state index in [4.69, 9.17) is 4.74 Å². The van der Waals surface area contributed by atoms with E-state index in [2.05, 4.69) is 36.2 Å². The largest absolute Gasteiger partial charge is 0.437 e. The number of pyridine rings is 1. The summed E-state index contributed by atoms with van der Waals surface area (Å²) in [6, 6.07) is 1.84. The van der Waals surface area contributed by atoms with Crippen LogP contribution in [0.4, 0.5) is 5.82 Å². The number of rotatable bonds is 4. The molecule has 2 rings (SSSR count). The Morgan fingerprint density at radius 3 is 2.83 bits per heavy atom. The van der Waals surface area contributed by atoms with Crippen molar-refractivity contribution in [2.24, 2.45) is 0 Å². The Hall–Kier alpha value is -1.69. The van der Waals surface area contributed by atoms with Crippen molar-refractivity contribution < 1.29 is 4.74 Å². The van der Waals surface area contributed by atoms with Crippen molar-refractivity contribution in [3.8, 4) is 11.6 Å². The van der Waals surface area contributed by atoms with E-state index in [1.165, 1.54) is 6.33 Å². The maximum atomic E-state index is 5.74. The zero-order valence-electron chi connectivity index (χ0n) is 10.1. The number of ether oxygens (including phenoxy) is 1. The molecule has 0 bridgehead atoms. The molecule has 0 amide bonds. The molecule has 2 aromatic rings. The van der Waals surface area contributed by atoms with Crippen LogP contribution in [0.5, 0.6) is 11.6 Å². The lowest BCUT2D eigenvalue weighted by Crippen LogP contribution is -2.02. The first-order chi connectivity index (χ1) is 8.74.